The third-order valence-corrected chi connectivity index (χ3v) is 1.84. The zero-order valence-electron chi connectivity index (χ0n) is 7.73. The fourth-order valence-corrected chi connectivity index (χ4v) is 1.29. The standard InChI is InChI=1S/C11H14O2/c1-9(12)7-11(13)8-10-5-3-2-4-6-10/h2-6,11,13H,7-8H2,1H3/t11-/m0/s1. The molecular formula is C11H14O2. The van der Waals surface area contributed by atoms with Gasteiger partial charge in [-0.1, -0.05) is 30.3 Å². The molecule has 0 bridgehead atoms. The molecule has 0 heterocycles. The van der Waals surface area contributed by atoms with E-state index in [0.717, 1.165) is 5.56 Å². The van der Waals surface area contributed by atoms with Gasteiger partial charge in [-0.3, -0.25) is 4.79 Å². The number of rotatable bonds is 4. The molecule has 0 saturated carbocycles. The molecule has 0 saturated heterocycles. The molecule has 0 fully saturated rings. The van der Waals surface area contributed by atoms with Gasteiger partial charge in [0, 0.05) is 6.42 Å². The number of aliphatic hydroxyl groups excluding tert-OH is 1. The molecule has 0 radical (unpaired) electrons. The van der Waals surface area contributed by atoms with Crippen molar-refractivity contribution in [2.75, 3.05) is 0 Å². The van der Waals surface area contributed by atoms with E-state index in [0.29, 0.717) is 6.42 Å². The highest BCUT2D eigenvalue weighted by molar-refractivity contribution is 5.75. The lowest BCUT2D eigenvalue weighted by Gasteiger charge is -2.07. The molecule has 70 valence electrons. The van der Waals surface area contributed by atoms with Crippen molar-refractivity contribution in [3.63, 3.8) is 0 Å². The van der Waals surface area contributed by atoms with E-state index in [1.165, 1.54) is 6.92 Å². The van der Waals surface area contributed by atoms with Crippen molar-refractivity contribution in [2.24, 2.45) is 0 Å². The van der Waals surface area contributed by atoms with Gasteiger partial charge in [-0.25, -0.2) is 0 Å². The number of carbonyl (C=O) groups excluding carboxylic acids is 1. The molecule has 1 aromatic carbocycles. The molecule has 0 aliphatic rings. The Kier molecular flexibility index (Phi) is 3.65. The molecular weight excluding hydrogens is 164 g/mol. The SMILES string of the molecule is CC(=O)C[C@H](O)Cc1ccccc1. The molecule has 0 aromatic heterocycles. The summed E-state index contributed by atoms with van der Waals surface area (Å²) in [5.74, 6) is 0.0310. The predicted octanol–water partition coefficient (Wildman–Crippen LogP) is 1.57. The molecule has 1 atom stereocenters. The van der Waals surface area contributed by atoms with Crippen LogP contribution in [0.15, 0.2) is 30.3 Å². The van der Waals surface area contributed by atoms with E-state index in [4.69, 9.17) is 0 Å². The first-order chi connectivity index (χ1) is 6.18. The summed E-state index contributed by atoms with van der Waals surface area (Å²) in [6.45, 7) is 1.49. The van der Waals surface area contributed by atoms with Crippen LogP contribution in [0.5, 0.6) is 0 Å². The summed E-state index contributed by atoms with van der Waals surface area (Å²) >= 11 is 0. The van der Waals surface area contributed by atoms with Gasteiger partial charge in [0.2, 0.25) is 0 Å². The van der Waals surface area contributed by atoms with Crippen LogP contribution in [0.2, 0.25) is 0 Å². The molecule has 2 nitrogen and oxygen atoms in total. The number of hydrogen-bond donors (Lipinski definition) is 1. The van der Waals surface area contributed by atoms with Gasteiger partial charge < -0.3 is 5.11 Å². The Morgan fingerprint density at radius 2 is 2.00 bits per heavy atom. The summed E-state index contributed by atoms with van der Waals surface area (Å²) in [6, 6.07) is 9.68. The maximum Gasteiger partial charge on any atom is 0.132 e. The van der Waals surface area contributed by atoms with Gasteiger partial charge in [-0.2, -0.15) is 0 Å². The topological polar surface area (TPSA) is 37.3 Å². The average molecular weight is 178 g/mol. The van der Waals surface area contributed by atoms with Crippen LogP contribution >= 0.6 is 0 Å². The van der Waals surface area contributed by atoms with Crippen LogP contribution in [0.3, 0.4) is 0 Å². The molecule has 0 amide bonds. The molecule has 1 rings (SSSR count). The lowest BCUT2D eigenvalue weighted by atomic mass is 10.0. The second-order valence-electron chi connectivity index (χ2n) is 3.25. The number of carbonyl (C=O) groups is 1. The number of Topliss-reactive ketones (excluding diaryl/α,β-unsaturated/α-hetero) is 1. The first-order valence-corrected chi connectivity index (χ1v) is 4.40. The molecule has 0 spiro atoms. The largest absolute Gasteiger partial charge is 0.392 e. The van der Waals surface area contributed by atoms with Gasteiger partial charge in [-0.15, -0.1) is 0 Å². The van der Waals surface area contributed by atoms with Crippen LogP contribution in [-0.4, -0.2) is 17.0 Å². The second kappa shape index (κ2) is 4.77. The summed E-state index contributed by atoms with van der Waals surface area (Å²) in [7, 11) is 0. The van der Waals surface area contributed by atoms with Gasteiger partial charge in [0.1, 0.15) is 5.78 Å². The number of aliphatic hydroxyl groups is 1. The highest BCUT2D eigenvalue weighted by Crippen LogP contribution is 2.05. The monoisotopic (exact) mass is 178 g/mol. The Balaban J connectivity index is 2.45. The fraction of sp³-hybridized carbons (Fsp3) is 0.364. The van der Waals surface area contributed by atoms with Gasteiger partial charge in [0.05, 0.1) is 6.10 Å². The third kappa shape index (κ3) is 3.85. The molecule has 1 N–H and O–H groups in total. The van der Waals surface area contributed by atoms with E-state index in [1.807, 2.05) is 30.3 Å². The van der Waals surface area contributed by atoms with Crippen LogP contribution in [0, 0.1) is 0 Å². The Hall–Kier alpha value is -1.15. The van der Waals surface area contributed by atoms with Gasteiger partial charge in [-0.05, 0) is 18.9 Å². The number of hydrogen-bond acceptors (Lipinski definition) is 2. The quantitative estimate of drug-likeness (QED) is 0.759. The Morgan fingerprint density at radius 1 is 1.38 bits per heavy atom. The van der Waals surface area contributed by atoms with Crippen molar-refractivity contribution < 1.29 is 9.90 Å². The maximum atomic E-state index is 10.7. The minimum atomic E-state index is -0.542. The van der Waals surface area contributed by atoms with Gasteiger partial charge >= 0.3 is 0 Å². The summed E-state index contributed by atoms with van der Waals surface area (Å²) in [5.41, 5.74) is 1.07. The van der Waals surface area contributed by atoms with E-state index in [9.17, 15) is 9.90 Å². The summed E-state index contributed by atoms with van der Waals surface area (Å²) in [6.07, 6.45) is 0.259. The average Bonchev–Trinajstić information content (AvgIpc) is 2.04. The highest BCUT2D eigenvalue weighted by Gasteiger charge is 2.07. The van der Waals surface area contributed by atoms with E-state index < -0.39 is 6.10 Å². The number of ketones is 1. The van der Waals surface area contributed by atoms with E-state index >= 15 is 0 Å². The molecule has 2 heteroatoms. The Labute approximate surface area is 78.2 Å². The molecule has 0 aliphatic carbocycles. The van der Waals surface area contributed by atoms with Crippen molar-refractivity contribution in [2.45, 2.75) is 25.9 Å². The minimum Gasteiger partial charge on any atom is -0.392 e. The fourth-order valence-electron chi connectivity index (χ4n) is 1.29. The first kappa shape index (κ1) is 9.93. The van der Waals surface area contributed by atoms with E-state index in [2.05, 4.69) is 0 Å². The molecule has 13 heavy (non-hydrogen) atoms. The van der Waals surface area contributed by atoms with Crippen molar-refractivity contribution in [3.8, 4) is 0 Å². The minimum absolute atomic E-state index is 0.0310. The smallest absolute Gasteiger partial charge is 0.132 e. The molecule has 1 aromatic rings. The van der Waals surface area contributed by atoms with Gasteiger partial charge in [0.15, 0.2) is 0 Å². The zero-order chi connectivity index (χ0) is 9.68. The van der Waals surface area contributed by atoms with Crippen molar-refractivity contribution in [1.29, 1.82) is 0 Å². The number of benzene rings is 1. The van der Waals surface area contributed by atoms with Crippen LogP contribution in [-0.2, 0) is 11.2 Å². The summed E-state index contributed by atoms with van der Waals surface area (Å²) in [4.78, 5) is 10.7. The third-order valence-electron chi connectivity index (χ3n) is 1.84. The van der Waals surface area contributed by atoms with Crippen LogP contribution in [0.25, 0.3) is 0 Å². The second-order valence-corrected chi connectivity index (χ2v) is 3.25. The van der Waals surface area contributed by atoms with Crippen LogP contribution in [0.1, 0.15) is 18.9 Å². The first-order valence-electron chi connectivity index (χ1n) is 4.40. The molecule has 0 aliphatic heterocycles. The normalized spacial score (nSPS) is 12.5. The Bertz CT molecular complexity index is 267. The van der Waals surface area contributed by atoms with Crippen molar-refractivity contribution in [1.82, 2.24) is 0 Å². The maximum absolute atomic E-state index is 10.7. The van der Waals surface area contributed by atoms with Crippen molar-refractivity contribution in [3.05, 3.63) is 35.9 Å². The summed E-state index contributed by atoms with van der Waals surface area (Å²) in [5, 5.41) is 9.45. The van der Waals surface area contributed by atoms with Crippen LogP contribution < -0.4 is 0 Å². The van der Waals surface area contributed by atoms with Crippen molar-refractivity contribution >= 4 is 5.78 Å². The highest BCUT2D eigenvalue weighted by atomic mass is 16.3. The predicted molar refractivity (Wildman–Crippen MR) is 51.5 cm³/mol. The lowest BCUT2D eigenvalue weighted by molar-refractivity contribution is -0.118. The van der Waals surface area contributed by atoms with Gasteiger partial charge in [0.25, 0.3) is 0 Å². The Morgan fingerprint density at radius 3 is 2.54 bits per heavy atom. The van der Waals surface area contributed by atoms with E-state index in [1.54, 1.807) is 0 Å². The zero-order valence-corrected chi connectivity index (χ0v) is 7.73. The lowest BCUT2D eigenvalue weighted by Crippen LogP contribution is -2.14. The summed E-state index contributed by atoms with van der Waals surface area (Å²) < 4.78 is 0. The van der Waals surface area contributed by atoms with E-state index in [-0.39, 0.29) is 12.2 Å². The van der Waals surface area contributed by atoms with Crippen LogP contribution in [0.4, 0.5) is 0 Å². The molecule has 0 unspecified atom stereocenters.